The van der Waals surface area contributed by atoms with Crippen molar-refractivity contribution >= 4 is 62.8 Å². The van der Waals surface area contributed by atoms with Crippen molar-refractivity contribution in [1.29, 1.82) is 0 Å². The number of ether oxygens (including phenoxy) is 1. The van der Waals surface area contributed by atoms with Gasteiger partial charge in [0.1, 0.15) is 17.4 Å². The minimum atomic E-state index is -2.64. The molecular weight excluding hydrogens is 534 g/mol. The number of halogens is 1. The lowest BCUT2D eigenvalue weighted by atomic mass is 10.2. The van der Waals surface area contributed by atoms with Gasteiger partial charge in [0.05, 0.1) is 46.7 Å². The number of nitrogens with one attached hydrogen (secondary N) is 1. The number of hydrogen-bond donors (Lipinski definition) is 3. The molecular formula is C24H21ClN7O5S+. The first-order valence-electron chi connectivity index (χ1n) is 11.0. The molecule has 1 atom stereocenters. The number of aliphatic hydroxyl groups excluding tert-OH is 1. The molecule has 4 rings (SSSR count). The second kappa shape index (κ2) is 12.3. The molecule has 0 bridgehead atoms. The van der Waals surface area contributed by atoms with Gasteiger partial charge in [0.25, 0.3) is 11.3 Å². The van der Waals surface area contributed by atoms with E-state index in [1.54, 1.807) is 42.5 Å². The zero-order valence-electron chi connectivity index (χ0n) is 19.9. The highest BCUT2D eigenvalue weighted by Gasteiger charge is 2.24. The number of carbonyl (C=O) groups excluding carboxylic acids is 1. The third kappa shape index (κ3) is 6.17. The molecule has 0 fully saturated rings. The van der Waals surface area contributed by atoms with E-state index in [9.17, 15) is 13.6 Å². The molecule has 1 heterocycles. The molecule has 0 saturated carbocycles. The average Bonchev–Trinajstić information content (AvgIpc) is 2.92. The Kier molecular flexibility index (Phi) is 8.69. The zero-order valence-corrected chi connectivity index (χ0v) is 21.4. The summed E-state index contributed by atoms with van der Waals surface area (Å²) in [5.74, 6) is -0.0859. The molecule has 0 spiro atoms. The van der Waals surface area contributed by atoms with Gasteiger partial charge in [-0.3, -0.25) is 9.35 Å². The van der Waals surface area contributed by atoms with E-state index in [4.69, 9.17) is 21.4 Å². The number of para-hydroxylation sites is 2. The van der Waals surface area contributed by atoms with Crippen LogP contribution in [0.25, 0.3) is 11.0 Å². The molecule has 38 heavy (non-hydrogen) atoms. The number of rotatable bonds is 9. The van der Waals surface area contributed by atoms with Gasteiger partial charge in [0.2, 0.25) is 10.0 Å². The van der Waals surface area contributed by atoms with E-state index >= 15 is 0 Å². The first kappa shape index (κ1) is 26.8. The summed E-state index contributed by atoms with van der Waals surface area (Å²) in [6.45, 7) is -0.230. The Labute approximate surface area is 224 Å². The monoisotopic (exact) mass is 554 g/mol. The highest BCUT2D eigenvalue weighted by molar-refractivity contribution is 7.81. The van der Waals surface area contributed by atoms with Crippen molar-refractivity contribution < 1.29 is 23.4 Å². The standard InChI is InChI=1S/C24H20ClN7O5S/c1-37-17-9-10-18(25)21(14-17)28-22-23(29-20-8-3-2-7-19(20)27-22)32(38(35)36)16-6-4-5-15(13-16)24(34)30-31-26-11-12-33/h2-10,13-14,33H,11-12H2,1H3,(H-,27,28,35,36)/p+1. The summed E-state index contributed by atoms with van der Waals surface area (Å²) in [5, 5.41) is 19.2. The lowest BCUT2D eigenvalue weighted by Gasteiger charge is -2.22. The van der Waals surface area contributed by atoms with Crippen molar-refractivity contribution in [2.75, 3.05) is 29.9 Å². The fourth-order valence-electron chi connectivity index (χ4n) is 3.34. The van der Waals surface area contributed by atoms with E-state index < -0.39 is 17.2 Å². The molecule has 0 radical (unpaired) electrons. The maximum Gasteiger partial charge on any atom is 0.360 e. The molecule has 3 aromatic carbocycles. The maximum atomic E-state index is 12.7. The Morgan fingerprint density at radius 3 is 2.61 bits per heavy atom. The van der Waals surface area contributed by atoms with E-state index in [0.29, 0.717) is 27.5 Å². The van der Waals surface area contributed by atoms with Gasteiger partial charge >= 0.3 is 5.91 Å². The fourth-order valence-corrected chi connectivity index (χ4v) is 4.08. The topological polar surface area (TPSA) is 164 Å². The maximum absolute atomic E-state index is 12.7. The minimum Gasteiger partial charge on any atom is -0.497 e. The van der Waals surface area contributed by atoms with E-state index in [2.05, 4.69) is 30.4 Å². The van der Waals surface area contributed by atoms with Crippen molar-refractivity contribution in [3.05, 3.63) is 77.3 Å². The summed E-state index contributed by atoms with van der Waals surface area (Å²) in [7, 11) is 1.51. The molecule has 0 aliphatic rings. The van der Waals surface area contributed by atoms with Crippen LogP contribution in [0.2, 0.25) is 5.02 Å². The molecule has 1 aromatic heterocycles. The molecule has 4 aromatic rings. The number of aliphatic hydroxyl groups is 1. The second-order valence-electron chi connectivity index (χ2n) is 7.51. The highest BCUT2D eigenvalue weighted by atomic mass is 35.5. The summed E-state index contributed by atoms with van der Waals surface area (Å²) in [6.07, 6.45) is 0. The lowest BCUT2D eigenvalue weighted by Crippen LogP contribution is -2.22. The third-order valence-corrected chi connectivity index (χ3v) is 6.08. The first-order valence-corrected chi connectivity index (χ1v) is 12.5. The van der Waals surface area contributed by atoms with E-state index in [1.165, 1.54) is 31.4 Å². The highest BCUT2D eigenvalue weighted by Crippen LogP contribution is 2.36. The van der Waals surface area contributed by atoms with Crippen LogP contribution >= 0.6 is 11.6 Å². The quantitative estimate of drug-likeness (QED) is 0.155. The summed E-state index contributed by atoms with van der Waals surface area (Å²) in [4.78, 5) is 25.1. The largest absolute Gasteiger partial charge is 0.497 e. The van der Waals surface area contributed by atoms with Crippen LogP contribution in [-0.2, 0) is 11.3 Å². The summed E-state index contributed by atoms with van der Waals surface area (Å²) < 4.78 is 29.3. The van der Waals surface area contributed by atoms with E-state index in [-0.39, 0.29) is 36.0 Å². The fraction of sp³-hybridized carbons (Fsp3) is 0.125. The van der Waals surface area contributed by atoms with Gasteiger partial charge in [-0.1, -0.05) is 29.8 Å². The second-order valence-corrected chi connectivity index (χ2v) is 8.75. The van der Waals surface area contributed by atoms with Gasteiger partial charge < -0.3 is 15.2 Å². The summed E-state index contributed by atoms with van der Waals surface area (Å²) in [5.41, 5.74) is 1.66. The zero-order chi connectivity index (χ0) is 27.1. The van der Waals surface area contributed by atoms with Gasteiger partial charge in [0.15, 0.2) is 11.6 Å². The SMILES string of the molecule is COc1ccc(Cl)c(Nc2nc3ccccc3nc2N(c2cccc(C(=O)N=[N+]=NCCO)c2)S(=O)O)c1. The van der Waals surface area contributed by atoms with Gasteiger partial charge in [0, 0.05) is 6.07 Å². The predicted molar refractivity (Wildman–Crippen MR) is 143 cm³/mol. The van der Waals surface area contributed by atoms with Crippen LogP contribution in [0, 0.1) is 0 Å². The van der Waals surface area contributed by atoms with Crippen molar-refractivity contribution in [2.24, 2.45) is 10.2 Å². The number of aromatic nitrogens is 2. The van der Waals surface area contributed by atoms with Crippen LogP contribution in [-0.4, -0.2) is 50.0 Å². The van der Waals surface area contributed by atoms with Crippen LogP contribution in [0.3, 0.4) is 0 Å². The third-order valence-electron chi connectivity index (χ3n) is 5.05. The van der Waals surface area contributed by atoms with Crippen LogP contribution in [0.4, 0.5) is 23.0 Å². The number of nitrogens with zero attached hydrogens (tertiary/aromatic N) is 6. The van der Waals surface area contributed by atoms with E-state index in [1.807, 2.05) is 0 Å². The van der Waals surface area contributed by atoms with Crippen LogP contribution in [0.1, 0.15) is 10.4 Å². The number of carbonyl (C=O) groups is 1. The Hall–Kier alpha value is -4.26. The number of hydrogen-bond acceptors (Lipinski definition) is 8. The van der Waals surface area contributed by atoms with Gasteiger partial charge in [-0.15, -0.1) is 0 Å². The number of fused-ring (bicyclic) bond motifs is 1. The molecule has 194 valence electrons. The number of amides is 1. The molecule has 0 saturated heterocycles. The van der Waals surface area contributed by atoms with E-state index in [0.717, 1.165) is 4.31 Å². The molecule has 1 unspecified atom stereocenters. The molecule has 3 N–H and O–H groups in total. The Balaban J connectivity index is 1.83. The lowest BCUT2D eigenvalue weighted by molar-refractivity contribution is 0.0992. The van der Waals surface area contributed by atoms with Crippen LogP contribution < -0.4 is 19.3 Å². The summed E-state index contributed by atoms with van der Waals surface area (Å²) >= 11 is 3.75. The van der Waals surface area contributed by atoms with Crippen molar-refractivity contribution in [2.45, 2.75) is 0 Å². The first-order chi connectivity index (χ1) is 18.4. The molecule has 12 nitrogen and oxygen atoms in total. The van der Waals surface area contributed by atoms with Crippen LogP contribution in [0.15, 0.2) is 77.0 Å². The van der Waals surface area contributed by atoms with Gasteiger partial charge in [-0.05, 0) is 42.5 Å². The van der Waals surface area contributed by atoms with Crippen molar-refractivity contribution in [1.82, 2.24) is 14.9 Å². The molecule has 14 heteroatoms. The number of methoxy groups -OCH3 is 1. The normalized spacial score (nSPS) is 11.4. The molecule has 0 aliphatic heterocycles. The minimum absolute atomic E-state index is 0.00179. The smallest absolute Gasteiger partial charge is 0.360 e. The molecule has 0 aliphatic carbocycles. The van der Waals surface area contributed by atoms with Crippen LogP contribution in [0.5, 0.6) is 5.75 Å². The Morgan fingerprint density at radius 2 is 1.89 bits per heavy atom. The Bertz CT molecular complexity index is 1580. The average molecular weight is 555 g/mol. The predicted octanol–water partition coefficient (Wildman–Crippen LogP) is 4.41. The van der Waals surface area contributed by atoms with Gasteiger partial charge in [-0.25, -0.2) is 18.5 Å². The molecule has 1 amide bonds. The number of benzene rings is 3. The number of anilines is 4. The van der Waals surface area contributed by atoms with Gasteiger partial charge in [-0.2, -0.15) is 0 Å². The van der Waals surface area contributed by atoms with Crippen molar-refractivity contribution in [3.8, 4) is 5.75 Å². The summed E-state index contributed by atoms with van der Waals surface area (Å²) in [6, 6.07) is 17.9. The Morgan fingerprint density at radius 1 is 1.13 bits per heavy atom. The van der Waals surface area contributed by atoms with Crippen molar-refractivity contribution in [3.63, 3.8) is 0 Å².